The third kappa shape index (κ3) is 12.7. The van der Waals surface area contributed by atoms with Crippen molar-refractivity contribution < 1.29 is 37.6 Å². The highest BCUT2D eigenvalue weighted by atomic mass is 79.9. The summed E-state index contributed by atoms with van der Waals surface area (Å²) < 4.78 is 57.4. The van der Waals surface area contributed by atoms with Gasteiger partial charge in [-0.2, -0.15) is 0 Å². The minimum Gasteiger partial charge on any atom is -0.493 e. The second-order valence-corrected chi connectivity index (χ2v) is 17.9. The van der Waals surface area contributed by atoms with Crippen molar-refractivity contribution in [3.05, 3.63) is 93.9 Å². The summed E-state index contributed by atoms with van der Waals surface area (Å²) in [6, 6.07) is 16.6. The predicted molar refractivity (Wildman–Crippen MR) is 248 cm³/mol. The van der Waals surface area contributed by atoms with Gasteiger partial charge in [-0.1, -0.05) is 31.9 Å². The van der Waals surface area contributed by atoms with Crippen LogP contribution >= 0.6 is 55.4 Å². The molecule has 4 aromatic carbocycles. The summed E-state index contributed by atoms with van der Waals surface area (Å²) in [5, 5.41) is 20.9. The molecule has 0 bridgehead atoms. The Hall–Kier alpha value is -4.28. The molecule has 2 atom stereocenters. The van der Waals surface area contributed by atoms with Gasteiger partial charge < -0.3 is 44.7 Å². The summed E-state index contributed by atoms with van der Waals surface area (Å²) in [5.41, 5.74) is 1.88. The zero-order valence-electron chi connectivity index (χ0n) is 33.7. The lowest BCUT2D eigenvalue weighted by Gasteiger charge is -2.20. The standard InChI is InChI=1S/C21H22BrFN4O3S.C18H15BrFN3O3.C3H7NS/c1-29-19-7-15-18(8-20(19)30-10-14(28)9-27-4-5-31-12-27)24-11-25-21(15)26-17-3-2-13(22)6-16(17)23;1-24-16-5-12-15(6-17(16)26-8-11-7-25-11)21-9-22-18(12)23-14-3-2-10(19)4-13(14)20;1-2-5-3-4-1/h2-3,6-8,11,14,28H,4-5,9-10,12H2,1H3,(H,24,25,26);2-6,9,11H,7-8H2,1H3,(H,21,22,23);4H,1-3H2. The topological polar surface area (TPSA) is 161 Å². The third-order valence-electron chi connectivity index (χ3n) is 9.39. The van der Waals surface area contributed by atoms with E-state index < -0.39 is 11.9 Å². The van der Waals surface area contributed by atoms with Crippen LogP contribution in [0.3, 0.4) is 0 Å². The van der Waals surface area contributed by atoms with Crippen LogP contribution in [0.2, 0.25) is 0 Å². The number of hydrogen-bond acceptors (Lipinski definition) is 16. The van der Waals surface area contributed by atoms with E-state index in [0.717, 1.165) is 18.2 Å². The van der Waals surface area contributed by atoms with E-state index in [-0.39, 0.29) is 18.5 Å². The number of halogens is 4. The van der Waals surface area contributed by atoms with Crippen molar-refractivity contribution in [2.75, 3.05) is 87.6 Å². The highest BCUT2D eigenvalue weighted by Crippen LogP contribution is 2.37. The zero-order chi connectivity index (χ0) is 43.4. The molecule has 62 heavy (non-hydrogen) atoms. The molecule has 6 aromatic rings. The van der Waals surface area contributed by atoms with Gasteiger partial charge in [0, 0.05) is 74.7 Å². The molecular weight excluding hydrogens is 974 g/mol. The lowest BCUT2D eigenvalue weighted by atomic mass is 10.2. The van der Waals surface area contributed by atoms with Gasteiger partial charge in [0.1, 0.15) is 61.3 Å². The molecule has 5 heterocycles. The number of aromatic nitrogens is 4. The SMILES string of the molecule is C1CSCN1.COc1cc2c(Nc3ccc(Br)cc3F)ncnc2cc1OCC(O)CN1CCSC1.COc1cc2c(Nc3ccc(Br)cc3F)ncnc2cc1OCC1CO1. The van der Waals surface area contributed by atoms with Crippen molar-refractivity contribution in [2.45, 2.75) is 12.2 Å². The predicted octanol–water partition coefficient (Wildman–Crippen LogP) is 8.37. The van der Waals surface area contributed by atoms with Gasteiger partial charge in [-0.3, -0.25) is 4.90 Å². The van der Waals surface area contributed by atoms with E-state index >= 15 is 0 Å². The van der Waals surface area contributed by atoms with Crippen LogP contribution in [0.1, 0.15) is 0 Å². The summed E-state index contributed by atoms with van der Waals surface area (Å²) in [7, 11) is 3.10. The molecule has 0 saturated carbocycles. The number of hydrogen-bond donors (Lipinski definition) is 4. The fourth-order valence-corrected chi connectivity index (χ4v) is 8.55. The van der Waals surface area contributed by atoms with Gasteiger partial charge in [-0.25, -0.2) is 28.7 Å². The van der Waals surface area contributed by atoms with Gasteiger partial charge >= 0.3 is 0 Å². The van der Waals surface area contributed by atoms with Gasteiger partial charge in [0.05, 0.1) is 43.2 Å². The van der Waals surface area contributed by atoms with Crippen LogP contribution < -0.4 is 34.9 Å². The Balaban J connectivity index is 0.000000169. The first-order chi connectivity index (χ1) is 30.2. The van der Waals surface area contributed by atoms with E-state index in [4.69, 9.17) is 23.7 Å². The Morgan fingerprint density at radius 1 is 0.806 bits per heavy atom. The molecule has 328 valence electrons. The van der Waals surface area contributed by atoms with E-state index in [1.54, 1.807) is 55.6 Å². The summed E-state index contributed by atoms with van der Waals surface area (Å²) in [4.78, 5) is 19.3. The quantitative estimate of drug-likeness (QED) is 0.0770. The average molecular weight is 1020 g/mol. The second kappa shape index (κ2) is 22.4. The van der Waals surface area contributed by atoms with Crippen LogP contribution in [-0.2, 0) is 4.74 Å². The van der Waals surface area contributed by atoms with E-state index in [2.05, 4.69) is 72.6 Å². The van der Waals surface area contributed by atoms with E-state index in [1.807, 2.05) is 23.5 Å². The maximum absolute atomic E-state index is 14.3. The highest BCUT2D eigenvalue weighted by Gasteiger charge is 2.24. The number of nitrogens with zero attached hydrogens (tertiary/aromatic N) is 5. The number of nitrogens with one attached hydrogen (secondary N) is 3. The van der Waals surface area contributed by atoms with Crippen molar-refractivity contribution in [1.29, 1.82) is 0 Å². The maximum atomic E-state index is 14.3. The molecule has 0 spiro atoms. The van der Waals surface area contributed by atoms with Crippen molar-refractivity contribution in [2.24, 2.45) is 0 Å². The summed E-state index contributed by atoms with van der Waals surface area (Å²) >= 11 is 10.3. The molecule has 3 aliphatic rings. The Kier molecular flexibility index (Phi) is 16.5. The first-order valence-corrected chi connectivity index (χ1v) is 23.3. The average Bonchev–Trinajstić information content (AvgIpc) is 3.61. The summed E-state index contributed by atoms with van der Waals surface area (Å²) in [5.74, 6) is 6.71. The Morgan fingerprint density at radius 2 is 1.39 bits per heavy atom. The van der Waals surface area contributed by atoms with Gasteiger partial charge in [0.2, 0.25) is 0 Å². The van der Waals surface area contributed by atoms with Crippen LogP contribution in [0, 0.1) is 11.6 Å². The highest BCUT2D eigenvalue weighted by molar-refractivity contribution is 9.10. The Morgan fingerprint density at radius 3 is 1.84 bits per heavy atom. The van der Waals surface area contributed by atoms with E-state index in [9.17, 15) is 13.9 Å². The van der Waals surface area contributed by atoms with Gasteiger partial charge in [-0.05, 0) is 48.5 Å². The molecule has 20 heteroatoms. The number of thioether (sulfide) groups is 2. The molecular formula is C42H44Br2F2N8O6S2. The van der Waals surface area contributed by atoms with Crippen LogP contribution in [0.4, 0.5) is 31.8 Å². The fraction of sp³-hybridized carbons (Fsp3) is 0.333. The number of anilines is 4. The number of aliphatic hydroxyl groups is 1. The molecule has 2 unspecified atom stereocenters. The summed E-state index contributed by atoms with van der Waals surface area (Å²) in [6.45, 7) is 4.08. The monoisotopic (exact) mass is 1020 g/mol. The first-order valence-electron chi connectivity index (χ1n) is 19.4. The normalized spacial score (nSPS) is 16.1. The minimum absolute atomic E-state index is 0.137. The number of rotatable bonds is 14. The number of methoxy groups -OCH3 is 2. The van der Waals surface area contributed by atoms with Crippen molar-refractivity contribution >= 4 is 100 Å². The maximum Gasteiger partial charge on any atom is 0.163 e. The number of epoxide rings is 1. The van der Waals surface area contributed by atoms with E-state index in [0.29, 0.717) is 96.5 Å². The van der Waals surface area contributed by atoms with Crippen LogP contribution in [0.15, 0.2) is 82.3 Å². The Bertz CT molecular complexity index is 2450. The summed E-state index contributed by atoms with van der Waals surface area (Å²) in [6.07, 6.45) is 2.35. The van der Waals surface area contributed by atoms with Crippen LogP contribution in [0.25, 0.3) is 21.8 Å². The molecule has 3 aliphatic heterocycles. The van der Waals surface area contributed by atoms with Gasteiger partial charge in [0.15, 0.2) is 23.0 Å². The van der Waals surface area contributed by atoms with Crippen molar-refractivity contribution in [1.82, 2.24) is 30.2 Å². The van der Waals surface area contributed by atoms with Crippen molar-refractivity contribution in [3.8, 4) is 23.0 Å². The van der Waals surface area contributed by atoms with Gasteiger partial charge in [0.25, 0.3) is 0 Å². The van der Waals surface area contributed by atoms with E-state index in [1.165, 1.54) is 50.1 Å². The molecule has 3 fully saturated rings. The zero-order valence-corrected chi connectivity index (χ0v) is 38.5. The van der Waals surface area contributed by atoms with Crippen molar-refractivity contribution in [3.63, 3.8) is 0 Å². The second-order valence-electron chi connectivity index (χ2n) is 13.9. The Labute approximate surface area is 382 Å². The number of fused-ring (bicyclic) bond motifs is 2. The lowest BCUT2D eigenvalue weighted by molar-refractivity contribution is 0.0768. The largest absolute Gasteiger partial charge is 0.493 e. The van der Waals surface area contributed by atoms with Crippen LogP contribution in [0.5, 0.6) is 23.0 Å². The number of ether oxygens (including phenoxy) is 5. The molecule has 0 radical (unpaired) electrons. The molecule has 9 rings (SSSR count). The first kappa shape index (κ1) is 45.7. The molecule has 2 aromatic heterocycles. The molecule has 0 aliphatic carbocycles. The third-order valence-corrected chi connectivity index (χ3v) is 12.3. The number of β-amino-alcohol motifs (C(OH)–C–C–N with tert-alkyl or cyclic N) is 1. The van der Waals surface area contributed by atoms with Crippen LogP contribution in [-0.4, -0.2) is 119 Å². The molecule has 14 nitrogen and oxygen atoms in total. The fourth-order valence-electron chi connectivity index (χ4n) is 6.15. The molecule has 3 saturated heterocycles. The number of aliphatic hydroxyl groups excluding tert-OH is 1. The number of benzene rings is 4. The van der Waals surface area contributed by atoms with Gasteiger partial charge in [-0.15, -0.1) is 23.5 Å². The molecule has 0 amide bonds. The lowest BCUT2D eigenvalue weighted by Crippen LogP contribution is -2.33. The smallest absolute Gasteiger partial charge is 0.163 e. The minimum atomic E-state index is -0.609. The molecule has 4 N–H and O–H groups in total.